The van der Waals surface area contributed by atoms with Crippen molar-refractivity contribution in [3.05, 3.63) is 47.5 Å². The first-order valence-corrected chi connectivity index (χ1v) is 10.5. The Kier molecular flexibility index (Phi) is 5.26. The topological polar surface area (TPSA) is 85.2 Å². The molecule has 1 amide bonds. The van der Waals surface area contributed by atoms with Gasteiger partial charge in [0.15, 0.2) is 0 Å². The molecule has 1 saturated heterocycles. The fourth-order valence-corrected chi connectivity index (χ4v) is 4.41. The first kappa shape index (κ1) is 18.8. The van der Waals surface area contributed by atoms with Crippen molar-refractivity contribution >= 4 is 34.3 Å². The molecule has 0 spiro atoms. The highest BCUT2D eigenvalue weighted by atomic mass is 32.2. The minimum atomic E-state index is 0.122. The number of oxazole rings is 1. The third kappa shape index (κ3) is 3.85. The number of hydrogen-bond donors (Lipinski definition) is 1. The predicted molar refractivity (Wildman–Crippen MR) is 111 cm³/mol. The number of para-hydroxylation sites is 1. The van der Waals surface area contributed by atoms with Crippen LogP contribution in [-0.2, 0) is 4.79 Å². The Balaban J connectivity index is 1.36. The van der Waals surface area contributed by atoms with Crippen LogP contribution in [0.2, 0.25) is 0 Å². The average molecular weight is 397 g/mol. The molecule has 0 bridgehead atoms. The summed E-state index contributed by atoms with van der Waals surface area (Å²) >= 11 is 1.36. The summed E-state index contributed by atoms with van der Waals surface area (Å²) in [7, 11) is 0. The summed E-state index contributed by atoms with van der Waals surface area (Å²) < 4.78 is 5.53. The lowest BCUT2D eigenvalue weighted by Crippen LogP contribution is -2.39. The number of rotatable bonds is 4. The molecule has 7 heteroatoms. The smallest absolute Gasteiger partial charge is 0.256 e. The summed E-state index contributed by atoms with van der Waals surface area (Å²) in [4.78, 5) is 23.6. The maximum absolute atomic E-state index is 12.5. The second kappa shape index (κ2) is 7.83. The van der Waals surface area contributed by atoms with Crippen LogP contribution in [0, 0.1) is 13.8 Å². The van der Waals surface area contributed by atoms with Gasteiger partial charge in [0, 0.05) is 24.4 Å². The van der Waals surface area contributed by atoms with Crippen LogP contribution in [-0.4, -0.2) is 39.6 Å². The highest BCUT2D eigenvalue weighted by Gasteiger charge is 2.26. The molecule has 0 saturated carbocycles. The standard InChI is InChI=1S/C21H24N4O2S/c1-13-14(2)27-21(23-13)28-12-19(26)25-9-7-15(8-10-25)20-17(22)11-16-5-3-4-6-18(16)24-20/h3-6,11,15H,7-10,12,22H2,1-2H3. The average Bonchev–Trinajstić information content (AvgIpc) is 3.03. The van der Waals surface area contributed by atoms with Crippen LogP contribution >= 0.6 is 11.8 Å². The molecule has 4 rings (SSSR count). The second-order valence-corrected chi connectivity index (χ2v) is 8.15. The summed E-state index contributed by atoms with van der Waals surface area (Å²) in [5.74, 6) is 1.56. The normalized spacial score (nSPS) is 15.3. The van der Waals surface area contributed by atoms with Gasteiger partial charge in [-0.2, -0.15) is 0 Å². The molecule has 6 nitrogen and oxygen atoms in total. The molecule has 3 aromatic rings. The minimum absolute atomic E-state index is 0.122. The van der Waals surface area contributed by atoms with Gasteiger partial charge in [-0.15, -0.1) is 0 Å². The number of carbonyl (C=O) groups excluding carboxylic acids is 1. The Morgan fingerprint density at radius 1 is 1.25 bits per heavy atom. The third-order valence-electron chi connectivity index (χ3n) is 5.35. The molecular weight excluding hydrogens is 372 g/mol. The fraction of sp³-hybridized carbons (Fsp3) is 0.381. The van der Waals surface area contributed by atoms with E-state index >= 15 is 0 Å². The van der Waals surface area contributed by atoms with E-state index in [0.29, 0.717) is 16.9 Å². The van der Waals surface area contributed by atoms with Gasteiger partial charge in [-0.25, -0.2) is 4.98 Å². The summed E-state index contributed by atoms with van der Waals surface area (Å²) in [6.07, 6.45) is 1.76. The number of hydrogen-bond acceptors (Lipinski definition) is 6. The maximum Gasteiger partial charge on any atom is 0.256 e. The molecule has 1 aliphatic heterocycles. The molecular formula is C21H24N4O2S. The molecule has 1 fully saturated rings. The zero-order valence-electron chi connectivity index (χ0n) is 16.1. The van der Waals surface area contributed by atoms with Crippen molar-refractivity contribution in [2.24, 2.45) is 0 Å². The van der Waals surface area contributed by atoms with E-state index in [-0.39, 0.29) is 5.91 Å². The van der Waals surface area contributed by atoms with Gasteiger partial charge in [-0.05, 0) is 38.8 Å². The minimum Gasteiger partial charge on any atom is -0.437 e. The van der Waals surface area contributed by atoms with Gasteiger partial charge in [0.2, 0.25) is 5.91 Å². The van der Waals surface area contributed by atoms with Crippen molar-refractivity contribution in [1.82, 2.24) is 14.9 Å². The number of amides is 1. The van der Waals surface area contributed by atoms with E-state index < -0.39 is 0 Å². The van der Waals surface area contributed by atoms with Crippen molar-refractivity contribution in [3.8, 4) is 0 Å². The van der Waals surface area contributed by atoms with E-state index in [0.717, 1.165) is 59.7 Å². The Bertz CT molecular complexity index is 989. The Labute approximate surface area is 168 Å². The van der Waals surface area contributed by atoms with E-state index in [4.69, 9.17) is 15.1 Å². The van der Waals surface area contributed by atoms with Crippen LogP contribution in [0.5, 0.6) is 0 Å². The third-order valence-corrected chi connectivity index (χ3v) is 6.16. The molecule has 0 aliphatic carbocycles. The summed E-state index contributed by atoms with van der Waals surface area (Å²) in [6.45, 7) is 5.23. The summed E-state index contributed by atoms with van der Waals surface area (Å²) in [6, 6.07) is 10.0. The molecule has 0 radical (unpaired) electrons. The number of anilines is 1. The van der Waals surface area contributed by atoms with Gasteiger partial charge in [0.1, 0.15) is 5.76 Å². The van der Waals surface area contributed by atoms with Crippen LogP contribution in [0.25, 0.3) is 10.9 Å². The monoisotopic (exact) mass is 396 g/mol. The molecule has 1 aromatic carbocycles. The van der Waals surface area contributed by atoms with Crippen molar-refractivity contribution in [3.63, 3.8) is 0 Å². The number of piperidine rings is 1. The molecule has 0 atom stereocenters. The highest BCUT2D eigenvalue weighted by molar-refractivity contribution is 7.99. The lowest BCUT2D eigenvalue weighted by molar-refractivity contribution is -0.129. The number of aryl methyl sites for hydroxylation is 2. The number of nitrogens with zero attached hydrogens (tertiary/aromatic N) is 3. The van der Waals surface area contributed by atoms with Crippen molar-refractivity contribution in [2.45, 2.75) is 37.8 Å². The zero-order valence-corrected chi connectivity index (χ0v) is 17.0. The van der Waals surface area contributed by atoms with Gasteiger partial charge in [0.25, 0.3) is 5.22 Å². The zero-order chi connectivity index (χ0) is 19.7. The van der Waals surface area contributed by atoms with Crippen LogP contribution in [0.4, 0.5) is 5.69 Å². The van der Waals surface area contributed by atoms with Gasteiger partial charge < -0.3 is 15.1 Å². The molecule has 3 heterocycles. The van der Waals surface area contributed by atoms with E-state index in [1.165, 1.54) is 11.8 Å². The van der Waals surface area contributed by atoms with Crippen molar-refractivity contribution in [1.29, 1.82) is 0 Å². The number of fused-ring (bicyclic) bond motifs is 1. The van der Waals surface area contributed by atoms with E-state index in [1.54, 1.807) is 0 Å². The number of nitrogens with two attached hydrogens (primary N) is 1. The second-order valence-electron chi connectivity index (χ2n) is 7.22. The first-order valence-electron chi connectivity index (χ1n) is 9.51. The Morgan fingerprint density at radius 3 is 2.71 bits per heavy atom. The number of likely N-dealkylation sites (tertiary alicyclic amines) is 1. The SMILES string of the molecule is Cc1nc(SCC(=O)N2CCC(c3nc4ccccc4cc3N)CC2)oc1C. The largest absolute Gasteiger partial charge is 0.437 e. The summed E-state index contributed by atoms with van der Waals surface area (Å²) in [5, 5.41) is 1.62. The predicted octanol–water partition coefficient (Wildman–Crippen LogP) is 3.92. The number of thioether (sulfide) groups is 1. The lowest BCUT2D eigenvalue weighted by atomic mass is 9.91. The molecule has 146 valence electrons. The van der Waals surface area contributed by atoms with Crippen molar-refractivity contribution in [2.75, 3.05) is 24.6 Å². The quantitative estimate of drug-likeness (QED) is 0.673. The van der Waals surface area contributed by atoms with Crippen LogP contribution in [0.1, 0.15) is 35.9 Å². The molecule has 2 aromatic heterocycles. The first-order chi connectivity index (χ1) is 13.5. The van der Waals surface area contributed by atoms with Crippen molar-refractivity contribution < 1.29 is 9.21 Å². The van der Waals surface area contributed by atoms with Gasteiger partial charge in [-0.3, -0.25) is 9.78 Å². The van der Waals surface area contributed by atoms with Gasteiger partial charge >= 0.3 is 0 Å². The Morgan fingerprint density at radius 2 is 2.00 bits per heavy atom. The number of nitrogen functional groups attached to an aromatic ring is 1. The van der Waals surface area contributed by atoms with Crippen LogP contribution < -0.4 is 5.73 Å². The van der Waals surface area contributed by atoms with Gasteiger partial charge in [0.05, 0.1) is 28.3 Å². The molecule has 28 heavy (non-hydrogen) atoms. The fourth-order valence-electron chi connectivity index (χ4n) is 3.60. The number of aromatic nitrogens is 2. The number of pyridine rings is 1. The van der Waals surface area contributed by atoms with Crippen LogP contribution in [0.3, 0.4) is 0 Å². The lowest BCUT2D eigenvalue weighted by Gasteiger charge is -2.32. The number of carbonyl (C=O) groups is 1. The maximum atomic E-state index is 12.5. The van der Waals surface area contributed by atoms with E-state index in [9.17, 15) is 4.79 Å². The highest BCUT2D eigenvalue weighted by Crippen LogP contribution is 2.32. The van der Waals surface area contributed by atoms with E-state index in [2.05, 4.69) is 4.98 Å². The van der Waals surface area contributed by atoms with Crippen LogP contribution in [0.15, 0.2) is 40.0 Å². The molecule has 2 N–H and O–H groups in total. The van der Waals surface area contributed by atoms with E-state index in [1.807, 2.05) is 49.1 Å². The summed E-state index contributed by atoms with van der Waals surface area (Å²) in [5.41, 5.74) is 9.82. The molecule has 0 unspecified atom stereocenters. The molecule has 1 aliphatic rings. The number of benzene rings is 1. The van der Waals surface area contributed by atoms with Gasteiger partial charge in [-0.1, -0.05) is 30.0 Å². The Hall–Kier alpha value is -2.54.